The molecule has 0 fully saturated rings. The van der Waals surface area contributed by atoms with Crippen LogP contribution in [-0.4, -0.2) is 28.0 Å². The summed E-state index contributed by atoms with van der Waals surface area (Å²) in [5.41, 5.74) is 2.38. The van der Waals surface area contributed by atoms with Gasteiger partial charge in [0.15, 0.2) is 0 Å². The molecule has 0 aromatic carbocycles. The zero-order valence-electron chi connectivity index (χ0n) is 6.79. The largest absolute Gasteiger partial charge is 0.477 e. The van der Waals surface area contributed by atoms with Gasteiger partial charge in [-0.15, -0.1) is 0 Å². The molecule has 2 heterocycles. The van der Waals surface area contributed by atoms with Gasteiger partial charge in [0.25, 0.3) is 0 Å². The van der Waals surface area contributed by atoms with Crippen molar-refractivity contribution in [3.8, 4) is 0 Å². The molecule has 0 spiro atoms. The number of rotatable bonds is 1. The maximum atomic E-state index is 10.7. The number of aromatic carboxylic acids is 1. The van der Waals surface area contributed by atoms with Gasteiger partial charge in [0, 0.05) is 24.8 Å². The molecule has 2 rings (SSSR count). The highest BCUT2D eigenvalue weighted by molar-refractivity contribution is 5.88. The van der Waals surface area contributed by atoms with Crippen LogP contribution < -0.4 is 0 Å². The summed E-state index contributed by atoms with van der Waals surface area (Å²) >= 11 is 0. The van der Waals surface area contributed by atoms with Crippen molar-refractivity contribution in [2.45, 2.75) is 13.1 Å². The number of carbonyl (C=O) groups is 1. The lowest BCUT2D eigenvalue weighted by Crippen LogP contribution is -2.10. The van der Waals surface area contributed by atoms with Crippen molar-refractivity contribution in [3.05, 3.63) is 23.0 Å². The van der Waals surface area contributed by atoms with Crippen molar-refractivity contribution in [1.29, 1.82) is 0 Å². The number of nitrogens with zero attached hydrogens (tertiary/aromatic N) is 1. The first-order valence-corrected chi connectivity index (χ1v) is 3.79. The summed E-state index contributed by atoms with van der Waals surface area (Å²) in [5, 5.41) is 8.77. The minimum absolute atomic E-state index is 0.342. The van der Waals surface area contributed by atoms with E-state index in [9.17, 15) is 4.79 Å². The number of hydrogen-bond donors (Lipinski definition) is 2. The normalized spacial score (nSPS) is 16.4. The lowest BCUT2D eigenvalue weighted by atomic mass is 10.2. The highest BCUT2D eigenvalue weighted by Gasteiger charge is 2.23. The molecule has 64 valence electrons. The Balaban J connectivity index is 2.43. The molecule has 4 heteroatoms. The van der Waals surface area contributed by atoms with E-state index in [0.29, 0.717) is 5.69 Å². The molecule has 0 saturated carbocycles. The summed E-state index contributed by atoms with van der Waals surface area (Å²) in [6.07, 6.45) is 1.78. The van der Waals surface area contributed by atoms with Gasteiger partial charge in [-0.2, -0.15) is 0 Å². The molecular weight excluding hydrogens is 156 g/mol. The van der Waals surface area contributed by atoms with Gasteiger partial charge >= 0.3 is 5.97 Å². The summed E-state index contributed by atoms with van der Waals surface area (Å²) in [7, 11) is 1.98. The topological polar surface area (TPSA) is 56.3 Å². The summed E-state index contributed by atoms with van der Waals surface area (Å²) in [5.74, 6) is -0.869. The Labute approximate surface area is 69.8 Å². The molecule has 0 radical (unpaired) electrons. The molecule has 4 nitrogen and oxygen atoms in total. The van der Waals surface area contributed by atoms with Crippen molar-refractivity contribution >= 4 is 5.97 Å². The number of hydrogen-bond acceptors (Lipinski definition) is 2. The third kappa shape index (κ3) is 0.921. The second-order valence-corrected chi connectivity index (χ2v) is 3.14. The summed E-state index contributed by atoms with van der Waals surface area (Å²) in [6.45, 7) is 1.58. The number of nitrogens with one attached hydrogen (secondary N) is 1. The lowest BCUT2D eigenvalue weighted by molar-refractivity contribution is 0.0689. The van der Waals surface area contributed by atoms with Gasteiger partial charge in [0.1, 0.15) is 5.69 Å². The third-order valence-electron chi connectivity index (χ3n) is 2.16. The number of aromatic nitrogens is 1. The van der Waals surface area contributed by atoms with Crippen LogP contribution in [0.4, 0.5) is 0 Å². The molecule has 0 atom stereocenters. The Morgan fingerprint density at radius 3 is 3.08 bits per heavy atom. The molecule has 2 N–H and O–H groups in total. The van der Waals surface area contributed by atoms with Crippen LogP contribution in [0.3, 0.4) is 0 Å². The van der Waals surface area contributed by atoms with E-state index in [4.69, 9.17) is 5.11 Å². The number of H-pyrrole nitrogens is 1. The van der Waals surface area contributed by atoms with E-state index in [1.807, 2.05) is 7.05 Å². The summed E-state index contributed by atoms with van der Waals surface area (Å²) in [4.78, 5) is 15.5. The van der Waals surface area contributed by atoms with E-state index in [-0.39, 0.29) is 0 Å². The minimum Gasteiger partial charge on any atom is -0.477 e. The van der Waals surface area contributed by atoms with Gasteiger partial charge in [0.2, 0.25) is 0 Å². The highest BCUT2D eigenvalue weighted by Crippen LogP contribution is 2.24. The average Bonchev–Trinajstić information content (AvgIpc) is 2.43. The molecular formula is C8H10N2O2. The second-order valence-electron chi connectivity index (χ2n) is 3.14. The number of fused-ring (bicyclic) bond motifs is 1. The molecule has 1 aliphatic heterocycles. The highest BCUT2D eigenvalue weighted by atomic mass is 16.4. The smallest absolute Gasteiger partial charge is 0.352 e. The van der Waals surface area contributed by atoms with Crippen LogP contribution in [0.5, 0.6) is 0 Å². The van der Waals surface area contributed by atoms with Crippen LogP contribution in [-0.2, 0) is 13.1 Å². The first kappa shape index (κ1) is 7.36. The quantitative estimate of drug-likeness (QED) is 0.644. The van der Waals surface area contributed by atoms with Gasteiger partial charge in [-0.1, -0.05) is 0 Å². The van der Waals surface area contributed by atoms with E-state index in [2.05, 4.69) is 9.88 Å². The number of aromatic amines is 1. The van der Waals surface area contributed by atoms with Gasteiger partial charge in [-0.05, 0) is 12.6 Å². The molecule has 0 saturated heterocycles. The van der Waals surface area contributed by atoms with E-state index in [1.165, 1.54) is 0 Å². The van der Waals surface area contributed by atoms with Crippen molar-refractivity contribution < 1.29 is 9.90 Å². The molecule has 1 aliphatic rings. The van der Waals surface area contributed by atoms with Crippen LogP contribution in [0.15, 0.2) is 6.20 Å². The van der Waals surface area contributed by atoms with Crippen LogP contribution in [0.25, 0.3) is 0 Å². The van der Waals surface area contributed by atoms with Crippen molar-refractivity contribution in [3.63, 3.8) is 0 Å². The Kier molecular flexibility index (Phi) is 1.44. The van der Waals surface area contributed by atoms with Crippen LogP contribution in [0, 0.1) is 0 Å². The fourth-order valence-corrected chi connectivity index (χ4v) is 1.62. The molecule has 0 amide bonds. The van der Waals surface area contributed by atoms with Gasteiger partial charge in [0.05, 0.1) is 0 Å². The number of carboxylic acids is 1. The van der Waals surface area contributed by atoms with E-state index in [1.54, 1.807) is 6.20 Å². The SMILES string of the molecule is CN1Cc2c[nH]c(C(=O)O)c2C1. The molecule has 12 heavy (non-hydrogen) atoms. The Morgan fingerprint density at radius 1 is 1.67 bits per heavy atom. The first-order chi connectivity index (χ1) is 5.68. The fraction of sp³-hybridized carbons (Fsp3) is 0.375. The average molecular weight is 166 g/mol. The first-order valence-electron chi connectivity index (χ1n) is 3.79. The Bertz CT molecular complexity index is 330. The summed E-state index contributed by atoms with van der Waals surface area (Å²) < 4.78 is 0. The molecule has 0 aliphatic carbocycles. The molecule has 0 bridgehead atoms. The van der Waals surface area contributed by atoms with Gasteiger partial charge in [-0.3, -0.25) is 4.90 Å². The van der Waals surface area contributed by atoms with Crippen molar-refractivity contribution in [2.75, 3.05) is 7.05 Å². The van der Waals surface area contributed by atoms with E-state index < -0.39 is 5.97 Å². The predicted octanol–water partition coefficient (Wildman–Crippen LogP) is 0.658. The van der Waals surface area contributed by atoms with E-state index in [0.717, 1.165) is 24.2 Å². The van der Waals surface area contributed by atoms with Crippen LogP contribution >= 0.6 is 0 Å². The van der Waals surface area contributed by atoms with Crippen LogP contribution in [0.2, 0.25) is 0 Å². The number of carboxylic acid groups (broad SMARTS) is 1. The van der Waals surface area contributed by atoms with Crippen molar-refractivity contribution in [1.82, 2.24) is 9.88 Å². The zero-order valence-corrected chi connectivity index (χ0v) is 6.79. The van der Waals surface area contributed by atoms with Gasteiger partial charge in [-0.25, -0.2) is 4.79 Å². The third-order valence-corrected chi connectivity index (χ3v) is 2.16. The van der Waals surface area contributed by atoms with Crippen LogP contribution in [0.1, 0.15) is 21.6 Å². The predicted molar refractivity (Wildman–Crippen MR) is 42.9 cm³/mol. The molecule has 0 unspecified atom stereocenters. The van der Waals surface area contributed by atoms with Crippen molar-refractivity contribution in [2.24, 2.45) is 0 Å². The Morgan fingerprint density at radius 2 is 2.42 bits per heavy atom. The maximum absolute atomic E-state index is 10.7. The molecule has 1 aromatic heterocycles. The monoisotopic (exact) mass is 166 g/mol. The van der Waals surface area contributed by atoms with Gasteiger partial charge < -0.3 is 10.1 Å². The Hall–Kier alpha value is -1.29. The standard InChI is InChI=1S/C8H10N2O2/c1-10-3-5-2-9-7(8(11)12)6(5)4-10/h2,9H,3-4H2,1H3,(H,11,12). The fourth-order valence-electron chi connectivity index (χ4n) is 1.62. The zero-order chi connectivity index (χ0) is 8.72. The molecule has 1 aromatic rings. The maximum Gasteiger partial charge on any atom is 0.352 e. The minimum atomic E-state index is -0.869. The lowest BCUT2D eigenvalue weighted by Gasteiger charge is -2.04. The second kappa shape index (κ2) is 2.35. The van der Waals surface area contributed by atoms with E-state index >= 15 is 0 Å². The summed E-state index contributed by atoms with van der Waals surface area (Å²) in [6, 6.07) is 0.